The van der Waals surface area contributed by atoms with E-state index in [1.165, 1.54) is 16.3 Å². The standard InChI is InChI=1S/C22H25N3O3S/c1-4-8-15(2)23-20(26)14-29-22-24-19-12-6-5-11-18(19)21(27)25(22)16-9-7-10-17(13-16)28-3/h5-7,9-13,15H,4,8,14H2,1-3H3,(H,23,26)/t15-/m0/s1. The van der Waals surface area contributed by atoms with E-state index < -0.39 is 0 Å². The van der Waals surface area contributed by atoms with Crippen LogP contribution in [0.15, 0.2) is 58.5 Å². The Morgan fingerprint density at radius 1 is 1.24 bits per heavy atom. The molecule has 6 nitrogen and oxygen atoms in total. The zero-order chi connectivity index (χ0) is 20.8. The van der Waals surface area contributed by atoms with Crippen molar-refractivity contribution in [3.8, 4) is 11.4 Å². The minimum atomic E-state index is -0.175. The first kappa shape index (κ1) is 20.9. The Balaban J connectivity index is 1.98. The second-order valence-electron chi connectivity index (χ2n) is 6.80. The summed E-state index contributed by atoms with van der Waals surface area (Å²) < 4.78 is 6.84. The first-order valence-electron chi connectivity index (χ1n) is 9.62. The number of rotatable bonds is 8. The number of ether oxygens (including phenoxy) is 1. The molecule has 1 heterocycles. The SMILES string of the molecule is CCC[C@H](C)NC(=O)CSc1nc2ccccc2c(=O)n1-c1cccc(OC)c1. The second kappa shape index (κ2) is 9.60. The summed E-state index contributed by atoms with van der Waals surface area (Å²) in [5, 5.41) is 3.99. The van der Waals surface area contributed by atoms with Crippen LogP contribution in [-0.2, 0) is 4.79 Å². The van der Waals surface area contributed by atoms with Crippen molar-refractivity contribution >= 4 is 28.6 Å². The number of methoxy groups -OCH3 is 1. The van der Waals surface area contributed by atoms with Crippen molar-refractivity contribution < 1.29 is 9.53 Å². The number of hydrogen-bond donors (Lipinski definition) is 1. The molecule has 1 N–H and O–H groups in total. The molecule has 7 heteroatoms. The van der Waals surface area contributed by atoms with E-state index in [1.807, 2.05) is 37.3 Å². The van der Waals surface area contributed by atoms with Crippen LogP contribution in [0.1, 0.15) is 26.7 Å². The van der Waals surface area contributed by atoms with Gasteiger partial charge < -0.3 is 10.1 Å². The molecule has 2 aromatic carbocycles. The van der Waals surface area contributed by atoms with E-state index in [1.54, 1.807) is 25.3 Å². The van der Waals surface area contributed by atoms with Gasteiger partial charge in [0, 0.05) is 12.1 Å². The predicted molar refractivity (Wildman–Crippen MR) is 117 cm³/mol. The van der Waals surface area contributed by atoms with Gasteiger partial charge in [-0.3, -0.25) is 14.2 Å². The van der Waals surface area contributed by atoms with Crippen LogP contribution in [-0.4, -0.2) is 34.4 Å². The van der Waals surface area contributed by atoms with E-state index in [-0.39, 0.29) is 23.3 Å². The summed E-state index contributed by atoms with van der Waals surface area (Å²) in [6.07, 6.45) is 1.94. The number of hydrogen-bond acceptors (Lipinski definition) is 5. The molecule has 0 fully saturated rings. The summed E-state index contributed by atoms with van der Waals surface area (Å²) in [6, 6.07) is 14.6. The molecule has 0 aliphatic rings. The predicted octanol–water partition coefficient (Wildman–Crippen LogP) is 3.79. The van der Waals surface area contributed by atoms with Crippen molar-refractivity contribution in [1.82, 2.24) is 14.9 Å². The lowest BCUT2D eigenvalue weighted by molar-refractivity contribution is -0.119. The second-order valence-corrected chi connectivity index (χ2v) is 7.74. The first-order chi connectivity index (χ1) is 14.0. The average Bonchev–Trinajstić information content (AvgIpc) is 2.72. The fraction of sp³-hybridized carbons (Fsp3) is 0.318. The van der Waals surface area contributed by atoms with Gasteiger partial charge in [-0.25, -0.2) is 4.98 Å². The van der Waals surface area contributed by atoms with E-state index in [2.05, 4.69) is 17.2 Å². The average molecular weight is 412 g/mol. The molecule has 3 aromatic rings. The van der Waals surface area contributed by atoms with E-state index >= 15 is 0 Å². The molecule has 1 amide bonds. The third kappa shape index (κ3) is 4.98. The van der Waals surface area contributed by atoms with Crippen LogP contribution in [0, 0.1) is 0 Å². The van der Waals surface area contributed by atoms with Gasteiger partial charge in [-0.15, -0.1) is 0 Å². The molecule has 29 heavy (non-hydrogen) atoms. The van der Waals surface area contributed by atoms with Crippen molar-refractivity contribution in [2.75, 3.05) is 12.9 Å². The molecule has 0 unspecified atom stereocenters. The van der Waals surface area contributed by atoms with E-state index in [0.29, 0.717) is 27.5 Å². The normalized spacial score (nSPS) is 12.0. The molecule has 1 aromatic heterocycles. The molecule has 3 rings (SSSR count). The maximum atomic E-state index is 13.2. The number of fused-ring (bicyclic) bond motifs is 1. The highest BCUT2D eigenvalue weighted by Gasteiger charge is 2.16. The van der Waals surface area contributed by atoms with Gasteiger partial charge in [0.2, 0.25) is 5.91 Å². The monoisotopic (exact) mass is 411 g/mol. The minimum Gasteiger partial charge on any atom is -0.497 e. The van der Waals surface area contributed by atoms with Gasteiger partial charge in [-0.05, 0) is 37.6 Å². The first-order valence-corrected chi connectivity index (χ1v) is 10.6. The van der Waals surface area contributed by atoms with Gasteiger partial charge in [-0.2, -0.15) is 0 Å². The van der Waals surface area contributed by atoms with Gasteiger partial charge in [0.15, 0.2) is 5.16 Å². The van der Waals surface area contributed by atoms with Crippen LogP contribution in [0.4, 0.5) is 0 Å². The highest BCUT2D eigenvalue weighted by molar-refractivity contribution is 7.99. The van der Waals surface area contributed by atoms with Crippen molar-refractivity contribution in [2.24, 2.45) is 0 Å². The fourth-order valence-corrected chi connectivity index (χ4v) is 3.96. The van der Waals surface area contributed by atoms with Gasteiger partial charge >= 0.3 is 0 Å². The van der Waals surface area contributed by atoms with Crippen molar-refractivity contribution in [3.63, 3.8) is 0 Å². The number of thioether (sulfide) groups is 1. The van der Waals surface area contributed by atoms with Crippen LogP contribution in [0.5, 0.6) is 5.75 Å². The molecule has 0 aliphatic heterocycles. The quantitative estimate of drug-likeness (QED) is 0.451. The Hall–Kier alpha value is -2.80. The lowest BCUT2D eigenvalue weighted by Gasteiger charge is -2.15. The number of para-hydroxylation sites is 1. The number of nitrogens with one attached hydrogen (secondary N) is 1. The van der Waals surface area contributed by atoms with Crippen molar-refractivity contribution in [3.05, 3.63) is 58.9 Å². The summed E-state index contributed by atoms with van der Waals surface area (Å²) in [7, 11) is 1.58. The zero-order valence-electron chi connectivity index (χ0n) is 16.8. The summed E-state index contributed by atoms with van der Waals surface area (Å²) >= 11 is 1.25. The van der Waals surface area contributed by atoms with Crippen LogP contribution >= 0.6 is 11.8 Å². The molecule has 152 valence electrons. The number of carbonyl (C=O) groups is 1. The lowest BCUT2D eigenvalue weighted by Crippen LogP contribution is -2.34. The molecule has 0 saturated carbocycles. The Bertz CT molecular complexity index is 1060. The highest BCUT2D eigenvalue weighted by Crippen LogP contribution is 2.23. The summed E-state index contributed by atoms with van der Waals surface area (Å²) in [5.41, 5.74) is 1.08. The number of benzene rings is 2. The van der Waals surface area contributed by atoms with Crippen molar-refractivity contribution in [2.45, 2.75) is 37.9 Å². The Morgan fingerprint density at radius 2 is 2.03 bits per heavy atom. The Morgan fingerprint density at radius 3 is 2.79 bits per heavy atom. The van der Waals surface area contributed by atoms with Crippen LogP contribution in [0.2, 0.25) is 0 Å². The van der Waals surface area contributed by atoms with Gasteiger partial charge in [0.1, 0.15) is 5.75 Å². The topological polar surface area (TPSA) is 73.2 Å². The number of amides is 1. The molecule has 0 bridgehead atoms. The largest absolute Gasteiger partial charge is 0.497 e. The maximum Gasteiger partial charge on any atom is 0.266 e. The molecule has 0 saturated heterocycles. The molecule has 1 atom stereocenters. The summed E-state index contributed by atoms with van der Waals surface area (Å²) in [5.74, 6) is 0.753. The summed E-state index contributed by atoms with van der Waals surface area (Å²) in [4.78, 5) is 30.2. The molecule has 0 spiro atoms. The zero-order valence-corrected chi connectivity index (χ0v) is 17.7. The van der Waals surface area contributed by atoms with Gasteiger partial charge in [-0.1, -0.05) is 43.3 Å². The number of aromatic nitrogens is 2. The molecular weight excluding hydrogens is 386 g/mol. The highest BCUT2D eigenvalue weighted by atomic mass is 32.2. The minimum absolute atomic E-state index is 0.0736. The molecule has 0 radical (unpaired) electrons. The molecule has 0 aliphatic carbocycles. The van der Waals surface area contributed by atoms with Crippen LogP contribution < -0.4 is 15.6 Å². The van der Waals surface area contributed by atoms with Crippen molar-refractivity contribution in [1.29, 1.82) is 0 Å². The Kier molecular flexibility index (Phi) is 6.93. The van der Waals surface area contributed by atoms with Crippen LogP contribution in [0.25, 0.3) is 16.6 Å². The Labute approximate surface area is 174 Å². The maximum absolute atomic E-state index is 13.2. The lowest BCUT2D eigenvalue weighted by atomic mass is 10.2. The van der Waals surface area contributed by atoms with Crippen LogP contribution in [0.3, 0.4) is 0 Å². The third-order valence-electron chi connectivity index (χ3n) is 4.52. The smallest absolute Gasteiger partial charge is 0.266 e. The fourth-order valence-electron chi connectivity index (χ4n) is 3.14. The number of carbonyl (C=O) groups excluding carboxylic acids is 1. The summed E-state index contributed by atoms with van der Waals surface area (Å²) in [6.45, 7) is 4.08. The van der Waals surface area contributed by atoms with E-state index in [9.17, 15) is 9.59 Å². The molecular formula is C22H25N3O3S. The van der Waals surface area contributed by atoms with E-state index in [4.69, 9.17) is 4.74 Å². The third-order valence-corrected chi connectivity index (χ3v) is 5.46. The van der Waals surface area contributed by atoms with Gasteiger partial charge in [0.25, 0.3) is 5.56 Å². The number of nitrogens with zero attached hydrogens (tertiary/aromatic N) is 2. The van der Waals surface area contributed by atoms with Gasteiger partial charge in [0.05, 0.1) is 29.5 Å². The van der Waals surface area contributed by atoms with E-state index in [0.717, 1.165) is 12.8 Å².